The number of alkyl carbamates (subject to hydrolysis) is 1. The molecule has 3 rings (SSSR count). The molecule has 1 aliphatic rings. The van der Waals surface area contributed by atoms with E-state index in [4.69, 9.17) is 9.47 Å². The van der Waals surface area contributed by atoms with Gasteiger partial charge in [0.15, 0.2) is 0 Å². The van der Waals surface area contributed by atoms with Crippen molar-refractivity contribution in [2.75, 3.05) is 13.1 Å². The summed E-state index contributed by atoms with van der Waals surface area (Å²) in [5, 5.41) is 21.9. The van der Waals surface area contributed by atoms with Crippen LogP contribution in [0.5, 0.6) is 17.4 Å². The van der Waals surface area contributed by atoms with Crippen LogP contribution in [0.1, 0.15) is 42.4 Å². The lowest BCUT2D eigenvalue weighted by Gasteiger charge is -2.20. The Balaban J connectivity index is 1.84. The van der Waals surface area contributed by atoms with E-state index >= 15 is 0 Å². The first kappa shape index (κ1) is 27.0. The van der Waals surface area contributed by atoms with Gasteiger partial charge in [-0.1, -0.05) is 0 Å². The number of phenols is 1. The van der Waals surface area contributed by atoms with Crippen LogP contribution in [-0.4, -0.2) is 63.1 Å². The number of aromatic nitrogens is 1. The molecule has 1 aromatic heterocycles. The van der Waals surface area contributed by atoms with Crippen molar-refractivity contribution in [3.63, 3.8) is 0 Å². The summed E-state index contributed by atoms with van der Waals surface area (Å²) in [6.45, 7) is 3.95. The molecule has 0 aliphatic carbocycles. The summed E-state index contributed by atoms with van der Waals surface area (Å²) in [5.74, 6) is -1.89. The minimum Gasteiger partial charge on any atom is -0.508 e. The van der Waals surface area contributed by atoms with Crippen LogP contribution < -0.4 is 10.1 Å². The number of nitrogens with zero attached hydrogens (tertiary/aromatic N) is 2. The fourth-order valence-electron chi connectivity index (χ4n) is 3.33. The van der Waals surface area contributed by atoms with Crippen molar-refractivity contribution in [2.24, 2.45) is 0 Å². The summed E-state index contributed by atoms with van der Waals surface area (Å²) in [6.07, 6.45) is -8.64. The molecule has 13 heteroatoms. The van der Waals surface area contributed by atoms with Gasteiger partial charge in [-0.3, -0.25) is 4.79 Å². The summed E-state index contributed by atoms with van der Waals surface area (Å²) in [7, 11) is 0. The fraction of sp³-hybridized carbons (Fsp3) is 0.435. The van der Waals surface area contributed by atoms with Crippen molar-refractivity contribution < 1.29 is 46.8 Å². The van der Waals surface area contributed by atoms with E-state index in [9.17, 15) is 37.4 Å². The molecule has 0 radical (unpaired) electrons. The molecule has 0 bridgehead atoms. The Morgan fingerprint density at radius 3 is 2.42 bits per heavy atom. The van der Waals surface area contributed by atoms with Crippen LogP contribution in [0.3, 0.4) is 0 Å². The molecular weight excluding hydrogens is 490 g/mol. The Hall–Kier alpha value is -3.61. The number of aromatic hydroxyl groups is 1. The van der Waals surface area contributed by atoms with E-state index in [-0.39, 0.29) is 36.5 Å². The number of ether oxygens (including phenoxy) is 2. The van der Waals surface area contributed by atoms with Crippen LogP contribution in [0, 0.1) is 0 Å². The molecule has 3 N–H and O–H groups in total. The number of benzene rings is 1. The molecule has 36 heavy (non-hydrogen) atoms. The third-order valence-corrected chi connectivity index (χ3v) is 4.86. The maximum absolute atomic E-state index is 13.6. The zero-order valence-electron chi connectivity index (χ0n) is 19.6. The molecule has 0 spiro atoms. The fourth-order valence-corrected chi connectivity index (χ4v) is 3.33. The molecule has 0 saturated carbocycles. The van der Waals surface area contributed by atoms with E-state index in [0.717, 1.165) is 35.2 Å². The van der Waals surface area contributed by atoms with Crippen LogP contribution in [0.2, 0.25) is 0 Å². The number of β-amino-alcohol motifs (C(OH)–C–C–N with tert-alkyl or cyclic N) is 1. The lowest BCUT2D eigenvalue weighted by molar-refractivity contribution is -0.141. The number of amides is 2. The maximum Gasteiger partial charge on any atom is 0.433 e. The molecule has 1 saturated heterocycles. The molecule has 196 valence electrons. The van der Waals surface area contributed by atoms with Gasteiger partial charge in [0, 0.05) is 30.8 Å². The molecule has 2 aromatic rings. The predicted octanol–water partition coefficient (Wildman–Crippen LogP) is 3.78. The van der Waals surface area contributed by atoms with Crippen molar-refractivity contribution >= 4 is 12.0 Å². The number of carbonyl (C=O) groups excluding carboxylic acids is 2. The summed E-state index contributed by atoms with van der Waals surface area (Å²) in [6, 6.07) is 5.13. The van der Waals surface area contributed by atoms with Gasteiger partial charge in [-0.05, 0) is 44.5 Å². The number of hydrogen-bond donors (Lipinski definition) is 3. The second-order valence-corrected chi connectivity index (χ2v) is 9.16. The van der Waals surface area contributed by atoms with E-state index in [2.05, 4.69) is 10.3 Å². The van der Waals surface area contributed by atoms with Crippen molar-refractivity contribution in [1.29, 1.82) is 0 Å². The van der Waals surface area contributed by atoms with Gasteiger partial charge in [0.2, 0.25) is 5.88 Å². The Morgan fingerprint density at radius 1 is 1.14 bits per heavy atom. The van der Waals surface area contributed by atoms with E-state index in [1.165, 1.54) is 0 Å². The lowest BCUT2D eigenvalue weighted by Crippen LogP contribution is -2.32. The largest absolute Gasteiger partial charge is 0.508 e. The molecule has 1 aromatic carbocycles. The van der Waals surface area contributed by atoms with Crippen molar-refractivity contribution in [1.82, 2.24) is 15.2 Å². The smallest absolute Gasteiger partial charge is 0.433 e. The van der Waals surface area contributed by atoms with E-state index in [1.807, 2.05) is 0 Å². The number of rotatable bonds is 5. The van der Waals surface area contributed by atoms with Gasteiger partial charge in [0.25, 0.3) is 5.91 Å². The molecule has 2 unspecified atom stereocenters. The number of aliphatic hydroxyl groups is 1. The number of pyridine rings is 1. The third kappa shape index (κ3) is 7.20. The summed E-state index contributed by atoms with van der Waals surface area (Å²) in [4.78, 5) is 29.0. The number of phenolic OH excluding ortho intramolecular Hbond substituents is 1. The second-order valence-electron chi connectivity index (χ2n) is 9.16. The number of likely N-dealkylation sites (tertiary alicyclic amines) is 1. The summed E-state index contributed by atoms with van der Waals surface area (Å²) in [5.41, 5.74) is -2.24. The summed E-state index contributed by atoms with van der Waals surface area (Å²) >= 11 is 0. The molecule has 2 atom stereocenters. The topological polar surface area (TPSA) is 121 Å². The van der Waals surface area contributed by atoms with Crippen molar-refractivity contribution in [3.8, 4) is 17.4 Å². The van der Waals surface area contributed by atoms with Crippen molar-refractivity contribution in [2.45, 2.75) is 51.4 Å². The molecule has 1 fully saturated rings. The van der Waals surface area contributed by atoms with Crippen LogP contribution in [-0.2, 0) is 17.5 Å². The minimum absolute atomic E-state index is 0.00493. The van der Waals surface area contributed by atoms with Gasteiger partial charge in [-0.25, -0.2) is 14.2 Å². The zero-order valence-corrected chi connectivity index (χ0v) is 19.6. The molecule has 2 heterocycles. The first-order valence-corrected chi connectivity index (χ1v) is 10.8. The highest BCUT2D eigenvalue weighted by Gasteiger charge is 2.35. The average molecular weight is 515 g/mol. The number of hydrogen-bond acceptors (Lipinski definition) is 7. The van der Waals surface area contributed by atoms with E-state index in [0.29, 0.717) is 0 Å². The lowest BCUT2D eigenvalue weighted by atomic mass is 10.1. The number of aliphatic hydroxyl groups excluding tert-OH is 1. The first-order valence-electron chi connectivity index (χ1n) is 10.8. The normalized spacial score (nSPS) is 18.2. The average Bonchev–Trinajstić information content (AvgIpc) is 3.07. The van der Waals surface area contributed by atoms with Gasteiger partial charge >= 0.3 is 12.3 Å². The summed E-state index contributed by atoms with van der Waals surface area (Å²) < 4.78 is 64.3. The number of halogens is 4. The molecule has 9 nitrogen and oxygen atoms in total. The van der Waals surface area contributed by atoms with Crippen molar-refractivity contribution in [3.05, 3.63) is 47.2 Å². The van der Waals surface area contributed by atoms with Gasteiger partial charge < -0.3 is 29.9 Å². The first-order chi connectivity index (χ1) is 16.6. The van der Waals surface area contributed by atoms with Gasteiger partial charge in [-0.2, -0.15) is 13.2 Å². The third-order valence-electron chi connectivity index (χ3n) is 4.86. The molecular formula is C23H25F4N3O6. The highest BCUT2D eigenvalue weighted by Crippen LogP contribution is 2.33. The Kier molecular flexibility index (Phi) is 7.62. The molecule has 2 amide bonds. The Bertz CT molecular complexity index is 1130. The van der Waals surface area contributed by atoms with Crippen LogP contribution in [0.15, 0.2) is 30.3 Å². The Morgan fingerprint density at radius 2 is 1.83 bits per heavy atom. The van der Waals surface area contributed by atoms with Crippen LogP contribution >= 0.6 is 0 Å². The quantitative estimate of drug-likeness (QED) is 0.519. The second kappa shape index (κ2) is 10.2. The van der Waals surface area contributed by atoms with Crippen LogP contribution in [0.4, 0.5) is 22.4 Å². The standard InChI is InChI=1S/C23H25F4N3O6/c1-22(2,3)36-21(34)28-9-12-4-18(23(25,26)27)29-19(5-12)35-15-7-13(6-14(31)8-15)20(33)30-10-16(24)17(32)11-30/h4-8,16-17,31-32H,9-11H2,1-3H3,(H,28,34). The Labute approximate surface area is 203 Å². The highest BCUT2D eigenvalue weighted by molar-refractivity contribution is 5.95. The SMILES string of the molecule is CC(C)(C)OC(=O)NCc1cc(Oc2cc(O)cc(C(=O)N3CC(O)C(F)C3)c2)nc(C(F)(F)F)c1. The van der Waals surface area contributed by atoms with Gasteiger partial charge in [0.05, 0.1) is 6.54 Å². The maximum atomic E-state index is 13.6. The number of nitrogens with one attached hydrogen (secondary N) is 1. The minimum atomic E-state index is -4.83. The monoisotopic (exact) mass is 515 g/mol. The zero-order chi connectivity index (χ0) is 26.8. The molecule has 1 aliphatic heterocycles. The highest BCUT2D eigenvalue weighted by atomic mass is 19.4. The van der Waals surface area contributed by atoms with E-state index in [1.54, 1.807) is 20.8 Å². The van der Waals surface area contributed by atoms with E-state index < -0.39 is 53.4 Å². The van der Waals surface area contributed by atoms with Crippen LogP contribution in [0.25, 0.3) is 0 Å². The van der Waals surface area contributed by atoms with Gasteiger partial charge in [-0.15, -0.1) is 0 Å². The number of alkyl halides is 4. The number of carbonyl (C=O) groups is 2. The predicted molar refractivity (Wildman–Crippen MR) is 117 cm³/mol. The van der Waals surface area contributed by atoms with Gasteiger partial charge in [0.1, 0.15) is 35.1 Å².